The molecule has 6 rings (SSSR count). The summed E-state index contributed by atoms with van der Waals surface area (Å²) in [5, 5.41) is 17.5. The Balaban J connectivity index is 1.31. The summed E-state index contributed by atoms with van der Waals surface area (Å²) in [6.07, 6.45) is 2.87. The van der Waals surface area contributed by atoms with E-state index >= 15 is 4.11 Å². The van der Waals surface area contributed by atoms with Crippen molar-refractivity contribution in [2.24, 2.45) is 5.92 Å². The number of nitrogens with zero attached hydrogens (tertiary/aromatic N) is 5. The Morgan fingerprint density at radius 2 is 1.83 bits per heavy atom. The molecular weight excluding hydrogens is 617 g/mol. The van der Waals surface area contributed by atoms with Crippen LogP contribution in [0.5, 0.6) is 5.75 Å². The van der Waals surface area contributed by atoms with E-state index in [9.17, 15) is 14.7 Å². The van der Waals surface area contributed by atoms with Gasteiger partial charge < -0.3 is 23.6 Å². The smallest absolute Gasteiger partial charge is 0.264 e. The summed E-state index contributed by atoms with van der Waals surface area (Å²) < 4.78 is 30.3. The quantitative estimate of drug-likeness (QED) is 0.121. The third-order valence-electron chi connectivity index (χ3n) is 9.46. The first-order valence-electron chi connectivity index (χ1n) is 15.9. The third kappa shape index (κ3) is 5.96. The molecule has 1 fully saturated rings. The Labute approximate surface area is 274 Å². The van der Waals surface area contributed by atoms with Gasteiger partial charge in [0.25, 0.3) is 5.91 Å². The molecule has 0 bridgehead atoms. The average Bonchev–Trinajstić information content (AvgIpc) is 3.71. The second-order valence-electron chi connectivity index (χ2n) is 12.8. The number of aryl methyl sites for hydroxylation is 1. The molecule has 246 valence electrons. The lowest BCUT2D eigenvalue weighted by Crippen LogP contribution is -2.45. The standard InChI is InChI=1S/C35H40FN5O5Si/c1-24-33(47(3,4)36)32(16-18-39-22-26(17-19-42)37-38-39)46-35(24)30-20-29(45-2)14-15-31(30)40(34(35)44)21-25-10-12-28(13-11-25)41(23-43)27-8-6-5-7-9-27/h5-15,20,22-24,32-33,42H,16-19,21H2,1-4H3/t24-,32+,33-,35+/m1/s1. The fraction of sp³-hybridized carbons (Fsp3) is 0.371. The van der Waals surface area contributed by atoms with Crippen LogP contribution in [0.15, 0.2) is 79.0 Å². The Bertz CT molecular complexity index is 1730. The number of methoxy groups -OCH3 is 1. The van der Waals surface area contributed by atoms with Gasteiger partial charge in [0.15, 0.2) is 5.60 Å². The number of fused-ring (bicyclic) bond motifs is 2. The number of hydrogen-bond donors (Lipinski definition) is 1. The van der Waals surface area contributed by atoms with E-state index in [1.807, 2.05) is 79.7 Å². The third-order valence-corrected chi connectivity index (χ3v) is 11.9. The zero-order chi connectivity index (χ0) is 33.3. The molecule has 47 heavy (non-hydrogen) atoms. The van der Waals surface area contributed by atoms with Crippen LogP contribution in [0.4, 0.5) is 21.2 Å². The molecule has 0 aliphatic carbocycles. The molecular formula is C35H40FN5O5Si. The molecule has 3 heterocycles. The maximum absolute atomic E-state index is 16.2. The van der Waals surface area contributed by atoms with E-state index in [0.717, 1.165) is 17.7 Å². The maximum Gasteiger partial charge on any atom is 0.264 e. The molecule has 0 radical (unpaired) electrons. The maximum atomic E-state index is 16.2. The number of benzene rings is 3. The number of ether oxygens (including phenoxy) is 2. The summed E-state index contributed by atoms with van der Waals surface area (Å²) in [5.41, 5.74) is 2.53. The first-order chi connectivity index (χ1) is 22.6. The SMILES string of the molecule is COc1ccc2c(c1)[C@]1(O[C@@H](CCn3cc(CCO)nn3)[C@H]([Si](C)(C)F)[C@H]1C)C(=O)N2Cc1ccc(N(C=O)c2ccccc2)cc1. The van der Waals surface area contributed by atoms with Gasteiger partial charge in [-0.1, -0.05) is 42.5 Å². The Morgan fingerprint density at radius 3 is 2.49 bits per heavy atom. The van der Waals surface area contributed by atoms with Crippen LogP contribution in [-0.4, -0.2) is 60.6 Å². The minimum atomic E-state index is -3.35. The van der Waals surface area contributed by atoms with Gasteiger partial charge in [-0.25, -0.2) is 0 Å². The predicted molar refractivity (Wildman–Crippen MR) is 179 cm³/mol. The second kappa shape index (κ2) is 13.0. The van der Waals surface area contributed by atoms with Crippen LogP contribution in [0.3, 0.4) is 0 Å². The van der Waals surface area contributed by atoms with Crippen LogP contribution in [0.1, 0.15) is 30.2 Å². The van der Waals surface area contributed by atoms with E-state index in [4.69, 9.17) is 9.47 Å². The minimum absolute atomic E-state index is 0.0231. The number of aromatic nitrogens is 3. The van der Waals surface area contributed by atoms with Crippen molar-refractivity contribution in [3.05, 3.63) is 95.8 Å². The molecule has 4 aromatic rings. The minimum Gasteiger partial charge on any atom is -0.497 e. The number of hydrogen-bond acceptors (Lipinski definition) is 7. The van der Waals surface area contributed by atoms with Crippen molar-refractivity contribution in [1.82, 2.24) is 15.0 Å². The summed E-state index contributed by atoms with van der Waals surface area (Å²) in [6.45, 7) is 5.98. The molecule has 2 aliphatic heterocycles. The van der Waals surface area contributed by atoms with Crippen LogP contribution in [0.2, 0.25) is 18.6 Å². The van der Waals surface area contributed by atoms with Gasteiger partial charge in [-0.15, -0.1) is 5.10 Å². The largest absolute Gasteiger partial charge is 0.497 e. The van der Waals surface area contributed by atoms with E-state index in [0.29, 0.717) is 47.8 Å². The molecule has 3 aromatic carbocycles. The number of anilines is 3. The predicted octanol–water partition coefficient (Wildman–Crippen LogP) is 5.53. The summed E-state index contributed by atoms with van der Waals surface area (Å²) in [7, 11) is -1.77. The second-order valence-corrected chi connectivity index (χ2v) is 16.6. The van der Waals surface area contributed by atoms with Crippen molar-refractivity contribution in [2.45, 2.75) is 63.2 Å². The Kier molecular flexibility index (Phi) is 9.01. The van der Waals surface area contributed by atoms with Gasteiger partial charge in [-0.05, 0) is 67.5 Å². The highest BCUT2D eigenvalue weighted by atomic mass is 28.4. The first-order valence-corrected chi connectivity index (χ1v) is 18.8. The van der Waals surface area contributed by atoms with Gasteiger partial charge in [-0.2, -0.15) is 0 Å². The van der Waals surface area contributed by atoms with Crippen molar-refractivity contribution >= 4 is 37.8 Å². The first kappa shape index (κ1) is 32.5. The molecule has 1 saturated heterocycles. The highest BCUT2D eigenvalue weighted by Crippen LogP contribution is 2.60. The number of aliphatic hydroxyl groups excluding tert-OH is 1. The highest BCUT2D eigenvalue weighted by Gasteiger charge is 2.66. The normalized spacial score (nSPS) is 22.1. The van der Waals surface area contributed by atoms with Crippen LogP contribution >= 0.6 is 0 Å². The van der Waals surface area contributed by atoms with E-state index in [2.05, 4.69) is 10.3 Å². The number of aliphatic hydroxyl groups is 1. The monoisotopic (exact) mass is 657 g/mol. The number of carbonyl (C=O) groups is 2. The summed E-state index contributed by atoms with van der Waals surface area (Å²) in [5.74, 6) is -0.0888. The Morgan fingerprint density at radius 1 is 1.11 bits per heavy atom. The average molecular weight is 658 g/mol. The van der Waals surface area contributed by atoms with Crippen LogP contribution in [-0.2, 0) is 39.4 Å². The zero-order valence-corrected chi connectivity index (χ0v) is 28.0. The van der Waals surface area contributed by atoms with Crippen LogP contribution in [0.25, 0.3) is 0 Å². The molecule has 10 nitrogen and oxygen atoms in total. The van der Waals surface area contributed by atoms with Crippen LogP contribution < -0.4 is 14.5 Å². The van der Waals surface area contributed by atoms with E-state index in [1.165, 1.54) is 0 Å². The number of carbonyl (C=O) groups excluding carboxylic acids is 2. The van der Waals surface area contributed by atoms with E-state index in [1.54, 1.807) is 40.9 Å². The lowest BCUT2D eigenvalue weighted by Gasteiger charge is -2.31. The van der Waals surface area contributed by atoms with Gasteiger partial charge in [0, 0.05) is 54.2 Å². The molecule has 0 saturated carbocycles. The van der Waals surface area contributed by atoms with Gasteiger partial charge in [0.05, 0.1) is 31.1 Å². The van der Waals surface area contributed by atoms with Gasteiger partial charge in [0.2, 0.25) is 14.8 Å². The fourth-order valence-electron chi connectivity index (χ4n) is 7.32. The Hall–Kier alpha value is -4.39. The number of halogens is 1. The molecule has 1 spiro atoms. The van der Waals surface area contributed by atoms with Crippen molar-refractivity contribution in [1.29, 1.82) is 0 Å². The molecule has 1 N–H and O–H groups in total. The zero-order valence-electron chi connectivity index (χ0n) is 27.0. The molecule has 1 aromatic heterocycles. The lowest BCUT2D eigenvalue weighted by atomic mass is 9.82. The molecule has 2 amide bonds. The fourth-order valence-corrected chi connectivity index (χ4v) is 9.86. The van der Waals surface area contributed by atoms with E-state index < -0.39 is 31.6 Å². The van der Waals surface area contributed by atoms with Gasteiger partial charge >= 0.3 is 0 Å². The summed E-state index contributed by atoms with van der Waals surface area (Å²) in [6, 6.07) is 22.4. The van der Waals surface area contributed by atoms with Crippen molar-refractivity contribution < 1.29 is 28.3 Å². The van der Waals surface area contributed by atoms with Gasteiger partial charge in [-0.3, -0.25) is 19.2 Å². The molecule has 4 atom stereocenters. The number of rotatable bonds is 12. The molecule has 12 heteroatoms. The topological polar surface area (TPSA) is 110 Å². The van der Waals surface area contributed by atoms with Gasteiger partial charge in [0.1, 0.15) is 5.75 Å². The summed E-state index contributed by atoms with van der Waals surface area (Å²) in [4.78, 5) is 30.0. The number of amides is 2. The highest BCUT2D eigenvalue weighted by molar-refractivity contribution is 6.72. The number of para-hydroxylation sites is 1. The van der Waals surface area contributed by atoms with E-state index in [-0.39, 0.29) is 19.1 Å². The van der Waals surface area contributed by atoms with Crippen molar-refractivity contribution in [3.8, 4) is 5.75 Å². The molecule has 0 unspecified atom stereocenters. The molecule has 2 aliphatic rings. The lowest BCUT2D eigenvalue weighted by molar-refractivity contribution is -0.146. The van der Waals surface area contributed by atoms with Crippen molar-refractivity contribution in [3.63, 3.8) is 0 Å². The van der Waals surface area contributed by atoms with Crippen molar-refractivity contribution in [2.75, 3.05) is 23.5 Å². The summed E-state index contributed by atoms with van der Waals surface area (Å²) >= 11 is 0. The van der Waals surface area contributed by atoms with Crippen LogP contribution in [0, 0.1) is 5.92 Å².